The van der Waals surface area contributed by atoms with Crippen molar-refractivity contribution in [2.45, 2.75) is 64.1 Å². The van der Waals surface area contributed by atoms with Crippen molar-refractivity contribution in [3.63, 3.8) is 0 Å². The highest BCUT2D eigenvalue weighted by Crippen LogP contribution is 2.62. The Kier molecular flexibility index (Phi) is 4.10. The van der Waals surface area contributed by atoms with Crippen molar-refractivity contribution >= 4 is 17.6 Å². The Morgan fingerprint density at radius 3 is 2.35 bits per heavy atom. The molecule has 2 N–H and O–H groups in total. The normalized spacial score (nSPS) is 35.8. The number of ether oxygens (including phenoxy) is 1. The van der Waals surface area contributed by atoms with E-state index >= 15 is 0 Å². The van der Waals surface area contributed by atoms with E-state index in [2.05, 4.69) is 5.32 Å². The molecule has 1 amide bonds. The summed E-state index contributed by atoms with van der Waals surface area (Å²) in [6.45, 7) is 3.59. The van der Waals surface area contributed by atoms with Crippen molar-refractivity contribution in [3.05, 3.63) is 29.8 Å². The van der Waals surface area contributed by atoms with E-state index in [-0.39, 0.29) is 11.9 Å². The standard InChI is InChI=1S/C21H27NO4/c1-13-3-5-17(6-4-13)22-18(23)14(2)26-19(24)20-8-15-7-16(9-20)11-21(25,10-15)12-20/h3-6,14-16,25H,7-12H2,1-2H3,(H,22,23)/t14-,15-,16+,20?,21?/m0/s1. The van der Waals surface area contributed by atoms with Gasteiger partial charge in [0.05, 0.1) is 11.0 Å². The first-order valence-corrected chi connectivity index (χ1v) is 9.58. The van der Waals surface area contributed by atoms with Crippen molar-refractivity contribution in [2.75, 3.05) is 5.32 Å². The molecule has 5 atom stereocenters. The first-order valence-electron chi connectivity index (χ1n) is 9.58. The molecule has 5 rings (SSSR count). The minimum Gasteiger partial charge on any atom is -0.452 e. The molecule has 0 heterocycles. The van der Waals surface area contributed by atoms with Gasteiger partial charge in [-0.25, -0.2) is 0 Å². The zero-order valence-electron chi connectivity index (χ0n) is 15.5. The van der Waals surface area contributed by atoms with Gasteiger partial charge >= 0.3 is 5.97 Å². The molecule has 26 heavy (non-hydrogen) atoms. The number of anilines is 1. The van der Waals surface area contributed by atoms with Gasteiger partial charge in [0.2, 0.25) is 0 Å². The lowest BCUT2D eigenvalue weighted by Gasteiger charge is -2.58. The monoisotopic (exact) mass is 357 g/mol. The molecule has 2 unspecified atom stereocenters. The lowest BCUT2D eigenvalue weighted by atomic mass is 9.48. The van der Waals surface area contributed by atoms with Crippen LogP contribution in [0, 0.1) is 24.2 Å². The van der Waals surface area contributed by atoms with Crippen LogP contribution in [0.2, 0.25) is 0 Å². The second kappa shape index (κ2) is 6.08. The van der Waals surface area contributed by atoms with E-state index in [9.17, 15) is 14.7 Å². The van der Waals surface area contributed by atoms with Gasteiger partial charge < -0.3 is 15.2 Å². The molecule has 4 bridgehead atoms. The SMILES string of the molecule is Cc1ccc(NC(=O)[C@H](C)OC(=O)C23C[C@@H]4C[C@@H](CC(O)(C4)C2)C3)cc1. The zero-order chi connectivity index (χ0) is 18.5. The molecule has 4 aliphatic carbocycles. The number of hydrogen-bond donors (Lipinski definition) is 2. The first kappa shape index (κ1) is 17.5. The Balaban J connectivity index is 1.41. The largest absolute Gasteiger partial charge is 0.452 e. The highest BCUT2D eigenvalue weighted by molar-refractivity contribution is 5.95. The van der Waals surface area contributed by atoms with Gasteiger partial charge in [-0.1, -0.05) is 17.7 Å². The second-order valence-electron chi connectivity index (χ2n) is 8.87. The van der Waals surface area contributed by atoms with Crippen molar-refractivity contribution in [1.82, 2.24) is 0 Å². The number of amides is 1. The predicted octanol–water partition coefficient (Wildman–Crippen LogP) is 3.20. The van der Waals surface area contributed by atoms with Gasteiger partial charge in [0.1, 0.15) is 0 Å². The highest BCUT2D eigenvalue weighted by atomic mass is 16.5. The number of aliphatic hydroxyl groups is 1. The fraction of sp³-hybridized carbons (Fsp3) is 0.619. The molecule has 0 aliphatic heterocycles. The molecular formula is C21H27NO4. The van der Waals surface area contributed by atoms with E-state index in [1.807, 2.05) is 31.2 Å². The van der Waals surface area contributed by atoms with E-state index in [1.165, 1.54) is 0 Å². The molecule has 1 aromatic carbocycles. The molecule has 140 valence electrons. The van der Waals surface area contributed by atoms with Crippen molar-refractivity contribution in [3.8, 4) is 0 Å². The summed E-state index contributed by atoms with van der Waals surface area (Å²) in [5, 5.41) is 13.6. The Hall–Kier alpha value is -1.88. The maximum atomic E-state index is 12.9. The molecule has 0 radical (unpaired) electrons. The van der Waals surface area contributed by atoms with Gasteiger partial charge in [-0.3, -0.25) is 9.59 Å². The van der Waals surface area contributed by atoms with Crippen LogP contribution in [0.4, 0.5) is 5.69 Å². The average molecular weight is 357 g/mol. The van der Waals surface area contributed by atoms with E-state index in [4.69, 9.17) is 4.74 Å². The number of hydrogen-bond acceptors (Lipinski definition) is 4. The first-order chi connectivity index (χ1) is 12.3. The number of carbonyl (C=O) groups is 2. The minimum absolute atomic E-state index is 0.309. The maximum Gasteiger partial charge on any atom is 0.312 e. The van der Waals surface area contributed by atoms with Crippen LogP contribution in [-0.2, 0) is 14.3 Å². The quantitative estimate of drug-likeness (QED) is 0.812. The third-order valence-corrected chi connectivity index (χ3v) is 6.44. The van der Waals surface area contributed by atoms with E-state index < -0.39 is 17.1 Å². The fourth-order valence-electron chi connectivity index (χ4n) is 5.67. The number of carbonyl (C=O) groups excluding carboxylic acids is 2. The molecule has 0 saturated heterocycles. The van der Waals surface area contributed by atoms with E-state index in [0.29, 0.717) is 23.9 Å². The summed E-state index contributed by atoms with van der Waals surface area (Å²) in [5.74, 6) is 0.179. The number of rotatable bonds is 4. The van der Waals surface area contributed by atoms with Crippen molar-refractivity contribution in [2.24, 2.45) is 17.3 Å². The molecular weight excluding hydrogens is 330 g/mol. The van der Waals surface area contributed by atoms with Crippen LogP contribution < -0.4 is 5.32 Å². The molecule has 4 fully saturated rings. The van der Waals surface area contributed by atoms with Gasteiger partial charge in [-0.2, -0.15) is 0 Å². The highest BCUT2D eigenvalue weighted by Gasteiger charge is 2.61. The van der Waals surface area contributed by atoms with Crippen LogP contribution in [0.1, 0.15) is 51.0 Å². The van der Waals surface area contributed by atoms with Gasteiger partial charge in [0.15, 0.2) is 6.10 Å². The Bertz CT molecular complexity index is 712. The fourth-order valence-corrected chi connectivity index (χ4v) is 5.67. The van der Waals surface area contributed by atoms with Crippen LogP contribution in [0.3, 0.4) is 0 Å². The van der Waals surface area contributed by atoms with Gasteiger partial charge in [0.25, 0.3) is 5.91 Å². The van der Waals surface area contributed by atoms with Gasteiger partial charge in [0, 0.05) is 5.69 Å². The van der Waals surface area contributed by atoms with Crippen molar-refractivity contribution in [1.29, 1.82) is 0 Å². The zero-order valence-corrected chi connectivity index (χ0v) is 15.5. The molecule has 4 aliphatic rings. The van der Waals surface area contributed by atoms with E-state index in [0.717, 1.165) is 37.7 Å². The molecule has 5 nitrogen and oxygen atoms in total. The molecule has 0 aromatic heterocycles. The molecule has 0 spiro atoms. The van der Waals surface area contributed by atoms with Crippen molar-refractivity contribution < 1.29 is 19.4 Å². The number of aryl methyl sites for hydroxylation is 1. The smallest absolute Gasteiger partial charge is 0.312 e. The topological polar surface area (TPSA) is 75.6 Å². The summed E-state index contributed by atoms with van der Waals surface area (Å²) >= 11 is 0. The molecule has 4 saturated carbocycles. The summed E-state index contributed by atoms with van der Waals surface area (Å²) < 4.78 is 5.58. The predicted molar refractivity (Wildman–Crippen MR) is 97.4 cm³/mol. The lowest BCUT2D eigenvalue weighted by Crippen LogP contribution is -2.59. The maximum absolute atomic E-state index is 12.9. The summed E-state index contributed by atoms with van der Waals surface area (Å²) in [6.07, 6.45) is 3.93. The van der Waals surface area contributed by atoms with Gasteiger partial charge in [-0.15, -0.1) is 0 Å². The number of nitrogens with one attached hydrogen (secondary N) is 1. The van der Waals surface area contributed by atoms with E-state index in [1.54, 1.807) is 6.92 Å². The summed E-state index contributed by atoms with van der Waals surface area (Å²) in [5.41, 5.74) is 0.489. The van der Waals surface area contributed by atoms with Crippen LogP contribution in [0.25, 0.3) is 0 Å². The van der Waals surface area contributed by atoms with Crippen LogP contribution in [0.15, 0.2) is 24.3 Å². The Labute approximate surface area is 154 Å². The third kappa shape index (κ3) is 3.13. The van der Waals surface area contributed by atoms with Crippen LogP contribution in [0.5, 0.6) is 0 Å². The molecule has 5 heteroatoms. The lowest BCUT2D eigenvalue weighted by molar-refractivity contribution is -0.199. The summed E-state index contributed by atoms with van der Waals surface area (Å²) in [4.78, 5) is 25.3. The summed E-state index contributed by atoms with van der Waals surface area (Å²) in [7, 11) is 0. The molecule has 1 aromatic rings. The number of benzene rings is 1. The second-order valence-corrected chi connectivity index (χ2v) is 8.87. The summed E-state index contributed by atoms with van der Waals surface area (Å²) in [6, 6.07) is 7.50. The number of esters is 1. The Morgan fingerprint density at radius 2 is 1.77 bits per heavy atom. The van der Waals surface area contributed by atoms with Crippen LogP contribution >= 0.6 is 0 Å². The third-order valence-electron chi connectivity index (χ3n) is 6.44. The average Bonchev–Trinajstić information content (AvgIpc) is 2.54. The van der Waals surface area contributed by atoms with Crippen LogP contribution in [-0.4, -0.2) is 28.7 Å². The Morgan fingerprint density at radius 1 is 1.15 bits per heavy atom. The minimum atomic E-state index is -0.855. The van der Waals surface area contributed by atoms with Gasteiger partial charge in [-0.05, 0) is 76.3 Å².